The molecule has 0 aliphatic heterocycles. The van der Waals surface area contributed by atoms with Crippen LogP contribution >= 0.6 is 27.7 Å². The van der Waals surface area contributed by atoms with Gasteiger partial charge < -0.3 is 4.74 Å². The van der Waals surface area contributed by atoms with Crippen molar-refractivity contribution in [2.45, 2.75) is 16.7 Å². The zero-order chi connectivity index (χ0) is 13.8. The van der Waals surface area contributed by atoms with Crippen molar-refractivity contribution in [1.82, 2.24) is 0 Å². The Kier molecular flexibility index (Phi) is 4.66. The molecule has 0 unspecified atom stereocenters. The normalized spacial score (nSPS) is 10.3. The maximum atomic E-state index is 11.5. The monoisotopic (exact) mass is 336 g/mol. The van der Waals surface area contributed by atoms with Crippen LogP contribution in [0.3, 0.4) is 0 Å². The SMILES string of the molecule is COC(=O)c1ccc(Sc2ccccc2Br)c(C)c1. The summed E-state index contributed by atoms with van der Waals surface area (Å²) in [7, 11) is 1.39. The van der Waals surface area contributed by atoms with E-state index >= 15 is 0 Å². The van der Waals surface area contributed by atoms with Gasteiger partial charge in [-0.15, -0.1) is 0 Å². The van der Waals surface area contributed by atoms with Crippen molar-refractivity contribution in [3.63, 3.8) is 0 Å². The van der Waals surface area contributed by atoms with Crippen molar-refractivity contribution >= 4 is 33.7 Å². The number of carbonyl (C=O) groups is 1. The molecule has 0 bridgehead atoms. The molecule has 0 N–H and O–H groups in total. The molecular formula is C15H13BrO2S. The first-order chi connectivity index (χ1) is 9.11. The molecule has 0 saturated carbocycles. The van der Waals surface area contributed by atoms with Crippen LogP contribution in [-0.4, -0.2) is 13.1 Å². The number of methoxy groups -OCH3 is 1. The van der Waals surface area contributed by atoms with Gasteiger partial charge in [0, 0.05) is 14.3 Å². The zero-order valence-electron chi connectivity index (χ0n) is 10.6. The molecule has 0 fully saturated rings. The first-order valence-electron chi connectivity index (χ1n) is 5.73. The van der Waals surface area contributed by atoms with Gasteiger partial charge in [-0.05, 0) is 58.7 Å². The lowest BCUT2D eigenvalue weighted by molar-refractivity contribution is 0.0600. The van der Waals surface area contributed by atoms with Crippen molar-refractivity contribution < 1.29 is 9.53 Å². The Morgan fingerprint density at radius 1 is 1.16 bits per heavy atom. The van der Waals surface area contributed by atoms with E-state index in [1.807, 2.05) is 37.3 Å². The van der Waals surface area contributed by atoms with E-state index in [4.69, 9.17) is 4.74 Å². The quantitative estimate of drug-likeness (QED) is 0.760. The highest BCUT2D eigenvalue weighted by Gasteiger charge is 2.09. The van der Waals surface area contributed by atoms with Gasteiger partial charge in [-0.25, -0.2) is 4.79 Å². The Hall–Kier alpha value is -1.26. The van der Waals surface area contributed by atoms with Crippen LogP contribution in [0.2, 0.25) is 0 Å². The molecule has 0 aromatic heterocycles. The number of benzene rings is 2. The molecule has 0 amide bonds. The zero-order valence-corrected chi connectivity index (χ0v) is 13.0. The molecule has 2 aromatic carbocycles. The third-order valence-corrected chi connectivity index (χ3v) is 4.86. The molecule has 2 rings (SSSR count). The summed E-state index contributed by atoms with van der Waals surface area (Å²) in [6.45, 7) is 1.99. The first kappa shape index (κ1) is 14.2. The number of hydrogen-bond donors (Lipinski definition) is 0. The number of esters is 1. The molecule has 2 aromatic rings. The lowest BCUT2D eigenvalue weighted by atomic mass is 10.1. The van der Waals surface area contributed by atoms with Crippen LogP contribution in [0.4, 0.5) is 0 Å². The molecule has 0 spiro atoms. The Morgan fingerprint density at radius 2 is 1.89 bits per heavy atom. The highest BCUT2D eigenvalue weighted by atomic mass is 79.9. The van der Waals surface area contributed by atoms with Gasteiger partial charge in [0.05, 0.1) is 12.7 Å². The average molecular weight is 337 g/mol. The molecule has 2 nitrogen and oxygen atoms in total. The standard InChI is InChI=1S/C15H13BrO2S/c1-10-9-11(15(17)18-2)7-8-13(10)19-14-6-4-3-5-12(14)16/h3-9H,1-2H3. The second-order valence-electron chi connectivity index (χ2n) is 4.00. The molecule has 0 atom stereocenters. The number of ether oxygens (including phenoxy) is 1. The van der Waals surface area contributed by atoms with Gasteiger partial charge in [0.25, 0.3) is 0 Å². The van der Waals surface area contributed by atoms with E-state index in [0.717, 1.165) is 19.8 Å². The highest BCUT2D eigenvalue weighted by Crippen LogP contribution is 2.35. The minimum Gasteiger partial charge on any atom is -0.465 e. The minimum absolute atomic E-state index is 0.305. The molecule has 0 heterocycles. The molecule has 19 heavy (non-hydrogen) atoms. The van der Waals surface area contributed by atoms with Crippen molar-refractivity contribution in [2.75, 3.05) is 7.11 Å². The van der Waals surface area contributed by atoms with E-state index in [0.29, 0.717) is 5.56 Å². The van der Waals surface area contributed by atoms with Gasteiger partial charge in [-0.2, -0.15) is 0 Å². The summed E-state index contributed by atoms with van der Waals surface area (Å²) < 4.78 is 5.78. The third-order valence-electron chi connectivity index (χ3n) is 2.65. The summed E-state index contributed by atoms with van der Waals surface area (Å²) >= 11 is 5.20. The van der Waals surface area contributed by atoms with Crippen molar-refractivity contribution in [2.24, 2.45) is 0 Å². The van der Waals surface area contributed by atoms with E-state index < -0.39 is 0 Å². The van der Waals surface area contributed by atoms with Crippen LogP contribution in [0.5, 0.6) is 0 Å². The predicted octanol–water partition coefficient (Wildman–Crippen LogP) is 4.70. The molecule has 0 radical (unpaired) electrons. The summed E-state index contributed by atoms with van der Waals surface area (Å²) in [6.07, 6.45) is 0. The lowest BCUT2D eigenvalue weighted by Gasteiger charge is -2.08. The van der Waals surface area contributed by atoms with Gasteiger partial charge >= 0.3 is 5.97 Å². The molecular weight excluding hydrogens is 324 g/mol. The summed E-state index contributed by atoms with van der Waals surface area (Å²) in [5.74, 6) is -0.305. The molecule has 4 heteroatoms. The average Bonchev–Trinajstić information content (AvgIpc) is 2.42. The van der Waals surface area contributed by atoms with Gasteiger partial charge in [-0.3, -0.25) is 0 Å². The first-order valence-corrected chi connectivity index (χ1v) is 7.34. The minimum atomic E-state index is -0.305. The lowest BCUT2D eigenvalue weighted by Crippen LogP contribution is -2.01. The Bertz CT molecular complexity index is 611. The molecule has 0 aliphatic rings. The largest absolute Gasteiger partial charge is 0.465 e. The van der Waals surface area contributed by atoms with Crippen LogP contribution in [0.25, 0.3) is 0 Å². The number of hydrogen-bond acceptors (Lipinski definition) is 3. The van der Waals surface area contributed by atoms with Crippen LogP contribution in [-0.2, 0) is 4.74 Å². The van der Waals surface area contributed by atoms with Gasteiger partial charge in [0.15, 0.2) is 0 Å². The molecule has 0 saturated heterocycles. The second kappa shape index (κ2) is 6.26. The number of carbonyl (C=O) groups excluding carboxylic acids is 1. The van der Waals surface area contributed by atoms with Crippen molar-refractivity contribution in [1.29, 1.82) is 0 Å². The highest BCUT2D eigenvalue weighted by molar-refractivity contribution is 9.10. The Balaban J connectivity index is 2.27. The van der Waals surface area contributed by atoms with Crippen molar-refractivity contribution in [3.8, 4) is 0 Å². The van der Waals surface area contributed by atoms with Gasteiger partial charge in [0.2, 0.25) is 0 Å². The topological polar surface area (TPSA) is 26.3 Å². The van der Waals surface area contributed by atoms with Gasteiger partial charge in [0.1, 0.15) is 0 Å². The number of halogens is 1. The number of aryl methyl sites for hydroxylation is 1. The predicted molar refractivity (Wildman–Crippen MR) is 80.8 cm³/mol. The second-order valence-corrected chi connectivity index (χ2v) is 5.94. The Labute approximate surface area is 125 Å². The summed E-state index contributed by atoms with van der Waals surface area (Å²) in [5.41, 5.74) is 1.64. The number of rotatable bonds is 3. The van der Waals surface area contributed by atoms with Crippen LogP contribution in [0.1, 0.15) is 15.9 Å². The van der Waals surface area contributed by atoms with Crippen molar-refractivity contribution in [3.05, 3.63) is 58.1 Å². The maximum Gasteiger partial charge on any atom is 0.337 e. The van der Waals surface area contributed by atoms with Crippen LogP contribution in [0.15, 0.2) is 56.7 Å². The maximum absolute atomic E-state index is 11.5. The molecule has 98 valence electrons. The van der Waals surface area contributed by atoms with E-state index in [2.05, 4.69) is 22.0 Å². The third kappa shape index (κ3) is 3.39. The summed E-state index contributed by atoms with van der Waals surface area (Å²) in [4.78, 5) is 13.7. The summed E-state index contributed by atoms with van der Waals surface area (Å²) in [5, 5.41) is 0. The van der Waals surface area contributed by atoms with Crippen LogP contribution in [0, 0.1) is 6.92 Å². The fourth-order valence-electron chi connectivity index (χ4n) is 1.65. The van der Waals surface area contributed by atoms with Gasteiger partial charge in [-0.1, -0.05) is 23.9 Å². The van der Waals surface area contributed by atoms with E-state index in [1.54, 1.807) is 17.8 Å². The van der Waals surface area contributed by atoms with E-state index in [1.165, 1.54) is 7.11 Å². The fourth-order valence-corrected chi connectivity index (χ4v) is 3.09. The smallest absolute Gasteiger partial charge is 0.337 e. The fraction of sp³-hybridized carbons (Fsp3) is 0.133. The van der Waals surface area contributed by atoms with E-state index in [9.17, 15) is 4.79 Å². The summed E-state index contributed by atoms with van der Waals surface area (Å²) in [6, 6.07) is 13.7. The van der Waals surface area contributed by atoms with Crippen LogP contribution < -0.4 is 0 Å². The van der Waals surface area contributed by atoms with E-state index in [-0.39, 0.29) is 5.97 Å². The Morgan fingerprint density at radius 3 is 2.53 bits per heavy atom. The molecule has 0 aliphatic carbocycles.